The Hall–Kier alpha value is -1.33. The molecule has 0 aromatic heterocycles. The molecule has 0 aliphatic carbocycles. The van der Waals surface area contributed by atoms with Crippen LogP contribution >= 0.6 is 0 Å². The Kier molecular flexibility index (Phi) is 32.0. The average Bonchev–Trinajstić information content (AvgIpc) is 3.14. The molecule has 52 heavy (non-hydrogen) atoms. The average molecular weight is 740 g/mol. The van der Waals surface area contributed by atoms with Gasteiger partial charge in [-0.05, 0) is 32.1 Å². The van der Waals surface area contributed by atoms with Gasteiger partial charge in [0.1, 0.15) is 24.4 Å². The normalized spacial score (nSPS) is 22.0. The zero-order valence-electron chi connectivity index (χ0n) is 33.3. The summed E-state index contributed by atoms with van der Waals surface area (Å²) in [4.78, 5) is 12.9. The van der Waals surface area contributed by atoms with Gasteiger partial charge in [0.05, 0.1) is 25.4 Å². The fourth-order valence-electron chi connectivity index (χ4n) is 6.76. The molecule has 306 valence electrons. The van der Waals surface area contributed by atoms with E-state index in [2.05, 4.69) is 31.3 Å². The summed E-state index contributed by atoms with van der Waals surface area (Å²) in [6.07, 6.45) is 32.3. The van der Waals surface area contributed by atoms with Crippen LogP contribution in [0, 0.1) is 0 Å². The van der Waals surface area contributed by atoms with Crippen molar-refractivity contribution in [2.75, 3.05) is 13.2 Å². The first kappa shape index (κ1) is 48.7. The van der Waals surface area contributed by atoms with Crippen molar-refractivity contribution in [1.29, 1.82) is 0 Å². The maximum absolute atomic E-state index is 12.9. The van der Waals surface area contributed by atoms with Gasteiger partial charge in [-0.15, -0.1) is 0 Å². The number of carbonyl (C=O) groups is 1. The predicted octanol–water partition coefficient (Wildman–Crippen LogP) is 8.33. The molecule has 1 amide bonds. The molecular formula is C43H81NO8. The van der Waals surface area contributed by atoms with E-state index in [1.54, 1.807) is 6.08 Å². The van der Waals surface area contributed by atoms with Crippen LogP contribution in [0.15, 0.2) is 24.3 Å². The molecule has 1 rings (SSSR count). The van der Waals surface area contributed by atoms with Crippen molar-refractivity contribution in [3.8, 4) is 0 Å². The molecule has 2 unspecified atom stereocenters. The van der Waals surface area contributed by atoms with Gasteiger partial charge in [0.15, 0.2) is 6.29 Å². The third-order valence-corrected chi connectivity index (χ3v) is 10.3. The van der Waals surface area contributed by atoms with Crippen LogP contribution < -0.4 is 5.32 Å². The van der Waals surface area contributed by atoms with E-state index in [0.717, 1.165) is 38.5 Å². The third kappa shape index (κ3) is 24.9. The van der Waals surface area contributed by atoms with E-state index >= 15 is 0 Å². The second-order valence-electron chi connectivity index (χ2n) is 15.1. The van der Waals surface area contributed by atoms with E-state index in [-0.39, 0.29) is 12.5 Å². The van der Waals surface area contributed by atoms with Crippen LogP contribution in [-0.2, 0) is 14.3 Å². The van der Waals surface area contributed by atoms with E-state index in [1.807, 2.05) is 6.08 Å². The minimum Gasteiger partial charge on any atom is -0.394 e. The van der Waals surface area contributed by atoms with Gasteiger partial charge in [-0.1, -0.05) is 173 Å². The Morgan fingerprint density at radius 2 is 1.10 bits per heavy atom. The van der Waals surface area contributed by atoms with E-state index in [4.69, 9.17) is 9.47 Å². The number of nitrogens with one attached hydrogen (secondary N) is 1. The van der Waals surface area contributed by atoms with Gasteiger partial charge in [-0.25, -0.2) is 0 Å². The number of carbonyl (C=O) groups excluding carboxylic acids is 1. The van der Waals surface area contributed by atoms with Crippen molar-refractivity contribution in [3.05, 3.63) is 24.3 Å². The summed E-state index contributed by atoms with van der Waals surface area (Å²) in [7, 11) is 0. The van der Waals surface area contributed by atoms with Crippen LogP contribution in [0.5, 0.6) is 0 Å². The fourth-order valence-corrected chi connectivity index (χ4v) is 6.76. The molecule has 1 aliphatic heterocycles. The monoisotopic (exact) mass is 740 g/mol. The maximum atomic E-state index is 12.9. The summed E-state index contributed by atoms with van der Waals surface area (Å²) >= 11 is 0. The van der Waals surface area contributed by atoms with Crippen LogP contribution in [0.1, 0.15) is 187 Å². The Labute approximate surface area is 318 Å². The molecule has 7 atom stereocenters. The van der Waals surface area contributed by atoms with Crippen LogP contribution in [-0.4, -0.2) is 87.5 Å². The predicted molar refractivity (Wildman–Crippen MR) is 212 cm³/mol. The second-order valence-corrected chi connectivity index (χ2v) is 15.1. The van der Waals surface area contributed by atoms with E-state index < -0.39 is 49.5 Å². The number of ether oxygens (including phenoxy) is 2. The molecule has 6 N–H and O–H groups in total. The summed E-state index contributed by atoms with van der Waals surface area (Å²) < 4.78 is 11.2. The number of amides is 1. The number of allylic oxidation sites excluding steroid dienone is 3. The summed E-state index contributed by atoms with van der Waals surface area (Å²) in [5, 5.41) is 53.9. The van der Waals surface area contributed by atoms with E-state index in [0.29, 0.717) is 6.42 Å². The minimum absolute atomic E-state index is 0.187. The Balaban J connectivity index is 2.33. The summed E-state index contributed by atoms with van der Waals surface area (Å²) in [5.74, 6) is -0.187. The van der Waals surface area contributed by atoms with Crippen molar-refractivity contribution >= 4 is 5.91 Å². The van der Waals surface area contributed by atoms with Crippen molar-refractivity contribution in [2.24, 2.45) is 0 Å². The summed E-state index contributed by atoms with van der Waals surface area (Å²) in [6.45, 7) is 3.71. The quantitative estimate of drug-likeness (QED) is 0.0281. The first-order valence-corrected chi connectivity index (χ1v) is 21.6. The molecular weight excluding hydrogens is 658 g/mol. The third-order valence-electron chi connectivity index (χ3n) is 10.3. The first-order valence-electron chi connectivity index (χ1n) is 21.6. The smallest absolute Gasteiger partial charge is 0.220 e. The minimum atomic E-state index is -1.57. The van der Waals surface area contributed by atoms with Crippen LogP contribution in [0.3, 0.4) is 0 Å². The number of aliphatic hydroxyl groups is 5. The number of hydrogen-bond donors (Lipinski definition) is 6. The summed E-state index contributed by atoms with van der Waals surface area (Å²) in [6, 6.07) is -0.814. The van der Waals surface area contributed by atoms with E-state index in [1.165, 1.54) is 128 Å². The second kappa shape index (κ2) is 34.2. The zero-order valence-corrected chi connectivity index (χ0v) is 33.3. The van der Waals surface area contributed by atoms with Gasteiger partial charge in [-0.2, -0.15) is 0 Å². The number of rotatable bonds is 35. The number of aliphatic hydroxyl groups excluding tert-OH is 5. The molecule has 0 aromatic rings. The number of unbranched alkanes of at least 4 members (excludes halogenated alkanes) is 23. The highest BCUT2D eigenvalue weighted by Gasteiger charge is 2.44. The van der Waals surface area contributed by atoms with Crippen molar-refractivity contribution in [2.45, 2.75) is 230 Å². The lowest BCUT2D eigenvalue weighted by atomic mass is 9.99. The SMILES string of the molecule is CCCCCC/C=C/CC/C=C/[C@@H](O)[C@H](CO[C@H]1O[C@@H](CO)[C@H](O)C(O)C1O)NC(=O)CCCCCCCCCCCCCCCCCCCCC. The lowest BCUT2D eigenvalue weighted by Crippen LogP contribution is -2.60. The van der Waals surface area contributed by atoms with Gasteiger partial charge in [-0.3, -0.25) is 4.79 Å². The molecule has 1 fully saturated rings. The standard InChI is InChI=1S/C43H81NO8/c1-3-5-7-9-11-13-15-16-17-18-19-20-21-22-23-25-27-29-31-33-39(47)44-36(35-51-43-42(50)41(49)40(48)38(34-45)52-43)37(46)32-30-28-26-24-14-12-10-8-6-4-2/h14,24,30,32,36-38,40-43,45-46,48-50H,3-13,15-23,25-29,31,33-35H2,1-2H3,(H,44,47)/b24-14+,32-30+/t36-,37+,38-,40-,41?,42?,43-/m0/s1. The Morgan fingerprint density at radius 3 is 1.62 bits per heavy atom. The summed E-state index contributed by atoms with van der Waals surface area (Å²) in [5.41, 5.74) is 0. The maximum Gasteiger partial charge on any atom is 0.220 e. The Bertz CT molecular complexity index is 868. The largest absolute Gasteiger partial charge is 0.394 e. The molecule has 0 bridgehead atoms. The Morgan fingerprint density at radius 1 is 0.635 bits per heavy atom. The highest BCUT2D eigenvalue weighted by Crippen LogP contribution is 2.22. The van der Waals surface area contributed by atoms with E-state index in [9.17, 15) is 30.3 Å². The van der Waals surface area contributed by atoms with Gasteiger partial charge in [0.2, 0.25) is 5.91 Å². The molecule has 9 heteroatoms. The molecule has 9 nitrogen and oxygen atoms in total. The van der Waals surface area contributed by atoms with Crippen LogP contribution in [0.25, 0.3) is 0 Å². The molecule has 1 heterocycles. The van der Waals surface area contributed by atoms with Crippen molar-refractivity contribution in [1.82, 2.24) is 5.32 Å². The first-order chi connectivity index (χ1) is 25.3. The van der Waals surface area contributed by atoms with Crippen molar-refractivity contribution < 1.29 is 39.8 Å². The number of hydrogen-bond acceptors (Lipinski definition) is 8. The van der Waals surface area contributed by atoms with Crippen LogP contribution in [0.2, 0.25) is 0 Å². The van der Waals surface area contributed by atoms with Gasteiger partial charge < -0.3 is 40.3 Å². The highest BCUT2D eigenvalue weighted by atomic mass is 16.7. The topological polar surface area (TPSA) is 149 Å². The molecule has 0 aromatic carbocycles. The molecule has 0 spiro atoms. The molecule has 1 saturated heterocycles. The van der Waals surface area contributed by atoms with Gasteiger partial charge >= 0.3 is 0 Å². The molecule has 0 radical (unpaired) electrons. The fraction of sp³-hybridized carbons (Fsp3) is 0.884. The lowest BCUT2D eigenvalue weighted by Gasteiger charge is -2.40. The van der Waals surface area contributed by atoms with Crippen LogP contribution in [0.4, 0.5) is 0 Å². The molecule has 1 aliphatic rings. The lowest BCUT2D eigenvalue weighted by molar-refractivity contribution is -0.302. The van der Waals surface area contributed by atoms with Crippen molar-refractivity contribution in [3.63, 3.8) is 0 Å². The van der Waals surface area contributed by atoms with Gasteiger partial charge in [0, 0.05) is 6.42 Å². The van der Waals surface area contributed by atoms with Gasteiger partial charge in [0.25, 0.3) is 0 Å². The molecule has 0 saturated carbocycles. The highest BCUT2D eigenvalue weighted by molar-refractivity contribution is 5.76. The zero-order chi connectivity index (χ0) is 38.1.